The van der Waals surface area contributed by atoms with E-state index in [2.05, 4.69) is 0 Å². The minimum Gasteiger partial charge on any atom is -0.440 e. The van der Waals surface area contributed by atoms with Gasteiger partial charge in [-0.1, -0.05) is 29.3 Å². The maximum atomic E-state index is 5.90. The number of para-hydroxylation sites is 1. The lowest BCUT2D eigenvalue weighted by molar-refractivity contribution is 0.398. The Hall–Kier alpha value is 0.210. The van der Waals surface area contributed by atoms with E-state index in [0.717, 1.165) is 0 Å². The standard InChI is InChI=1S/C8H9Cl2O2PS/c1-11-13(2,14)12-8-6(9)4-3-5-7(8)10/h3-5H,1-2H3. The quantitative estimate of drug-likeness (QED) is 0.775. The molecule has 0 bridgehead atoms. The highest BCUT2D eigenvalue weighted by atomic mass is 35.5. The monoisotopic (exact) mass is 270 g/mol. The first-order valence-electron chi connectivity index (χ1n) is 3.73. The van der Waals surface area contributed by atoms with E-state index in [9.17, 15) is 0 Å². The molecule has 1 atom stereocenters. The van der Waals surface area contributed by atoms with E-state index in [1.165, 1.54) is 7.11 Å². The van der Waals surface area contributed by atoms with Crippen LogP contribution in [0, 0.1) is 0 Å². The molecule has 0 saturated heterocycles. The van der Waals surface area contributed by atoms with E-state index >= 15 is 0 Å². The van der Waals surface area contributed by atoms with E-state index in [1.54, 1.807) is 24.9 Å². The predicted octanol–water partition coefficient (Wildman–Crippen LogP) is 3.96. The SMILES string of the molecule is COP(C)(=S)Oc1c(Cl)cccc1Cl. The van der Waals surface area contributed by atoms with Gasteiger partial charge in [-0.2, -0.15) is 0 Å². The lowest BCUT2D eigenvalue weighted by Crippen LogP contribution is -1.93. The van der Waals surface area contributed by atoms with Crippen molar-refractivity contribution in [2.45, 2.75) is 0 Å². The molecule has 0 amide bonds. The fourth-order valence-electron chi connectivity index (χ4n) is 0.773. The van der Waals surface area contributed by atoms with E-state index in [4.69, 9.17) is 44.1 Å². The first-order chi connectivity index (χ1) is 6.46. The molecule has 78 valence electrons. The molecule has 0 radical (unpaired) electrons. The molecule has 0 N–H and O–H groups in total. The van der Waals surface area contributed by atoms with Crippen molar-refractivity contribution in [3.63, 3.8) is 0 Å². The van der Waals surface area contributed by atoms with Crippen LogP contribution < -0.4 is 4.52 Å². The van der Waals surface area contributed by atoms with Gasteiger partial charge in [0.15, 0.2) is 5.75 Å². The highest BCUT2D eigenvalue weighted by Crippen LogP contribution is 2.48. The van der Waals surface area contributed by atoms with E-state index in [1.807, 2.05) is 0 Å². The Morgan fingerprint density at radius 1 is 1.29 bits per heavy atom. The molecule has 14 heavy (non-hydrogen) atoms. The van der Waals surface area contributed by atoms with Crippen molar-refractivity contribution in [3.8, 4) is 5.75 Å². The normalized spacial score (nSPS) is 14.9. The van der Waals surface area contributed by atoms with Gasteiger partial charge in [0, 0.05) is 13.8 Å². The second kappa shape index (κ2) is 4.82. The molecule has 1 aromatic carbocycles. The molecule has 0 spiro atoms. The zero-order chi connectivity index (χ0) is 10.8. The third-order valence-corrected chi connectivity index (χ3v) is 3.95. The number of hydrogen-bond acceptors (Lipinski definition) is 3. The van der Waals surface area contributed by atoms with Gasteiger partial charge in [0.05, 0.1) is 10.0 Å². The minimum absolute atomic E-state index is 0.392. The molecule has 1 rings (SSSR count). The topological polar surface area (TPSA) is 18.5 Å². The third kappa shape index (κ3) is 3.11. The Balaban J connectivity index is 3.03. The summed E-state index contributed by atoms with van der Waals surface area (Å²) in [6, 6.07) is 5.12. The van der Waals surface area contributed by atoms with Crippen LogP contribution in [-0.2, 0) is 16.3 Å². The Kier molecular flexibility index (Phi) is 4.23. The largest absolute Gasteiger partial charge is 0.440 e. The fourth-order valence-corrected chi connectivity index (χ4v) is 2.18. The molecule has 0 heterocycles. The van der Waals surface area contributed by atoms with Crippen LogP contribution in [-0.4, -0.2) is 13.8 Å². The van der Waals surface area contributed by atoms with Crippen LogP contribution in [0.15, 0.2) is 18.2 Å². The van der Waals surface area contributed by atoms with E-state index in [-0.39, 0.29) is 0 Å². The highest BCUT2D eigenvalue weighted by Gasteiger charge is 2.15. The van der Waals surface area contributed by atoms with Crippen LogP contribution in [0.25, 0.3) is 0 Å². The number of hydrogen-bond donors (Lipinski definition) is 0. The van der Waals surface area contributed by atoms with Crippen LogP contribution in [0.4, 0.5) is 0 Å². The number of benzene rings is 1. The van der Waals surface area contributed by atoms with Gasteiger partial charge in [-0.15, -0.1) is 0 Å². The molecule has 1 unspecified atom stereocenters. The van der Waals surface area contributed by atoms with Gasteiger partial charge < -0.3 is 9.05 Å². The molecule has 1 aromatic rings. The van der Waals surface area contributed by atoms with Crippen LogP contribution in [0.1, 0.15) is 0 Å². The summed E-state index contributed by atoms with van der Waals surface area (Å²) in [5.74, 6) is 0.392. The molecule has 0 aliphatic rings. The van der Waals surface area contributed by atoms with Gasteiger partial charge in [0.25, 0.3) is 0 Å². The van der Waals surface area contributed by atoms with Crippen LogP contribution >= 0.6 is 29.7 Å². The van der Waals surface area contributed by atoms with Gasteiger partial charge in [0.1, 0.15) is 0 Å². The van der Waals surface area contributed by atoms with E-state index in [0.29, 0.717) is 15.8 Å². The molecular formula is C8H9Cl2O2PS. The minimum atomic E-state index is -2.28. The van der Waals surface area contributed by atoms with Gasteiger partial charge in [-0.05, 0) is 23.9 Å². The average Bonchev–Trinajstić information content (AvgIpc) is 2.12. The summed E-state index contributed by atoms with van der Waals surface area (Å²) >= 11 is 16.9. The second-order valence-corrected chi connectivity index (χ2v) is 7.49. The van der Waals surface area contributed by atoms with Gasteiger partial charge in [0.2, 0.25) is 6.49 Å². The summed E-state index contributed by atoms with van der Waals surface area (Å²) in [5, 5.41) is 0.872. The van der Waals surface area contributed by atoms with Crippen molar-refractivity contribution in [1.29, 1.82) is 0 Å². The van der Waals surface area contributed by atoms with Gasteiger partial charge in [-0.3, -0.25) is 0 Å². The summed E-state index contributed by atoms with van der Waals surface area (Å²) < 4.78 is 10.5. The molecule has 6 heteroatoms. The lowest BCUT2D eigenvalue weighted by atomic mass is 10.3. The van der Waals surface area contributed by atoms with Crippen LogP contribution in [0.3, 0.4) is 0 Å². The van der Waals surface area contributed by atoms with Crippen molar-refractivity contribution in [2.75, 3.05) is 13.8 Å². The van der Waals surface area contributed by atoms with Crippen molar-refractivity contribution in [3.05, 3.63) is 28.2 Å². The van der Waals surface area contributed by atoms with Crippen molar-refractivity contribution in [1.82, 2.24) is 0 Å². The second-order valence-electron chi connectivity index (χ2n) is 2.60. The van der Waals surface area contributed by atoms with Crippen LogP contribution in [0.2, 0.25) is 10.0 Å². The fraction of sp³-hybridized carbons (Fsp3) is 0.250. The van der Waals surface area contributed by atoms with Gasteiger partial charge in [-0.25, -0.2) is 0 Å². The summed E-state index contributed by atoms with van der Waals surface area (Å²) in [6.07, 6.45) is 0. The molecule has 0 fully saturated rings. The average molecular weight is 271 g/mol. The maximum Gasteiger partial charge on any atom is 0.234 e. The van der Waals surface area contributed by atoms with E-state index < -0.39 is 6.49 Å². The first-order valence-corrected chi connectivity index (χ1v) is 7.57. The molecule has 0 aromatic heterocycles. The zero-order valence-electron chi connectivity index (χ0n) is 7.66. The van der Waals surface area contributed by atoms with Crippen molar-refractivity contribution >= 4 is 41.5 Å². The molecular weight excluding hydrogens is 262 g/mol. The summed E-state index contributed by atoms with van der Waals surface area (Å²) in [6.45, 7) is -0.574. The Morgan fingerprint density at radius 3 is 2.21 bits per heavy atom. The summed E-state index contributed by atoms with van der Waals surface area (Å²) in [7, 11) is 1.51. The smallest absolute Gasteiger partial charge is 0.234 e. The first kappa shape index (κ1) is 12.3. The van der Waals surface area contributed by atoms with Crippen molar-refractivity contribution < 1.29 is 9.05 Å². The number of halogens is 2. The maximum absolute atomic E-state index is 5.90. The third-order valence-electron chi connectivity index (χ3n) is 1.51. The predicted molar refractivity (Wildman–Crippen MR) is 64.3 cm³/mol. The zero-order valence-corrected chi connectivity index (χ0v) is 10.9. The summed E-state index contributed by atoms with van der Waals surface area (Å²) in [5.41, 5.74) is 0. The summed E-state index contributed by atoms with van der Waals surface area (Å²) in [4.78, 5) is 0. The Labute approximate surface area is 98.3 Å². The van der Waals surface area contributed by atoms with Crippen LogP contribution in [0.5, 0.6) is 5.75 Å². The number of rotatable bonds is 3. The molecule has 2 nitrogen and oxygen atoms in total. The lowest BCUT2D eigenvalue weighted by Gasteiger charge is -2.17. The Bertz CT molecular complexity index is 363. The Morgan fingerprint density at radius 2 is 1.79 bits per heavy atom. The highest BCUT2D eigenvalue weighted by molar-refractivity contribution is 8.09. The molecule has 0 aliphatic heterocycles. The van der Waals surface area contributed by atoms with Crippen molar-refractivity contribution in [2.24, 2.45) is 0 Å². The molecule has 0 aliphatic carbocycles. The molecule has 0 saturated carbocycles. The van der Waals surface area contributed by atoms with Gasteiger partial charge >= 0.3 is 0 Å².